The van der Waals surface area contributed by atoms with E-state index in [1.165, 1.54) is 21.5 Å². The highest BCUT2D eigenvalue weighted by molar-refractivity contribution is 7.92. The van der Waals surface area contributed by atoms with E-state index in [1.807, 2.05) is 48.5 Å². The topological polar surface area (TPSA) is 140 Å². The molecule has 57 heavy (non-hydrogen) atoms. The number of carbonyl (C=O) groups is 1. The second-order valence-electron chi connectivity index (χ2n) is 15.0. The van der Waals surface area contributed by atoms with Gasteiger partial charge in [0, 0.05) is 52.5 Å². The van der Waals surface area contributed by atoms with Gasteiger partial charge in [0.25, 0.3) is 6.43 Å². The number of halogens is 4. The Bertz CT molecular complexity index is 2810. The number of pyridine rings is 1. The lowest BCUT2D eigenvalue weighted by molar-refractivity contribution is -0.122. The standard InChI is InChI=1S/C41H36F4N8O3S/c1-52-39-27(9-6-10-28(39)41(50-52)51-57(2,55)56)29-18-32-33(19-31(46-32)23-7-4-3-5-8-23)48-36(29)34(16-22-13-25(42)17-26(43)14-22)47-35(54)20-53-38-24-11-21(12-24)15-30(38)37(49-53)40(44)45/h3-10,13-14,17-19,21,24,34,40,46H,11-12,15-16,20H2,1-2H3,(H,47,54)(H,50,51)/t21?,24?,34-/m0/s1. The Morgan fingerprint density at radius 3 is 2.42 bits per heavy atom. The quantitative estimate of drug-likeness (QED) is 0.115. The Labute approximate surface area is 324 Å². The number of aromatic nitrogens is 6. The van der Waals surface area contributed by atoms with Crippen molar-refractivity contribution < 1.29 is 30.8 Å². The zero-order valence-electron chi connectivity index (χ0n) is 30.7. The predicted molar refractivity (Wildman–Crippen MR) is 207 cm³/mol. The smallest absolute Gasteiger partial charge is 0.282 e. The minimum absolute atomic E-state index is 0.0437. The van der Waals surface area contributed by atoms with Crippen LogP contribution in [0.4, 0.5) is 23.4 Å². The van der Waals surface area contributed by atoms with Crippen LogP contribution in [0.3, 0.4) is 0 Å². The maximum Gasteiger partial charge on any atom is 0.282 e. The molecule has 2 bridgehead atoms. The number of nitrogens with one attached hydrogen (secondary N) is 3. The van der Waals surface area contributed by atoms with Gasteiger partial charge in [-0.2, -0.15) is 10.2 Å². The van der Waals surface area contributed by atoms with E-state index in [-0.39, 0.29) is 36.0 Å². The summed E-state index contributed by atoms with van der Waals surface area (Å²) in [6.07, 6.45) is 0.339. The number of hydrogen-bond acceptors (Lipinski definition) is 6. The van der Waals surface area contributed by atoms with Crippen molar-refractivity contribution in [3.05, 3.63) is 119 Å². The van der Waals surface area contributed by atoms with E-state index in [0.29, 0.717) is 62.4 Å². The van der Waals surface area contributed by atoms with Gasteiger partial charge in [-0.1, -0.05) is 42.5 Å². The summed E-state index contributed by atoms with van der Waals surface area (Å²) in [5, 5.41) is 12.2. The molecule has 1 atom stereocenters. The molecule has 0 radical (unpaired) electrons. The van der Waals surface area contributed by atoms with Gasteiger partial charge in [0.2, 0.25) is 15.9 Å². The SMILES string of the molecule is Cn1nc(NS(C)(=O)=O)c2cccc(-c3cc4[nH]c(-c5ccccc5)cc4nc3[C@H](Cc3cc(F)cc(F)c3)NC(=O)Cn3nc(C(F)F)c4c3C3CC(C4)C3)c21. The molecule has 11 nitrogen and oxygen atoms in total. The average molecular weight is 797 g/mol. The fourth-order valence-electron chi connectivity index (χ4n) is 8.59. The van der Waals surface area contributed by atoms with Crippen LogP contribution in [0.25, 0.3) is 44.3 Å². The van der Waals surface area contributed by atoms with Crippen molar-refractivity contribution in [3.8, 4) is 22.4 Å². The molecular formula is C41H36F4N8O3S. The lowest BCUT2D eigenvalue weighted by atomic mass is 9.64. The van der Waals surface area contributed by atoms with Gasteiger partial charge in [-0.3, -0.25) is 18.9 Å². The Kier molecular flexibility index (Phi) is 8.90. The van der Waals surface area contributed by atoms with Gasteiger partial charge in [-0.25, -0.2) is 31.0 Å². The fourth-order valence-corrected chi connectivity index (χ4v) is 9.10. The number of fused-ring (bicyclic) bond motifs is 2. The number of rotatable bonds is 11. The summed E-state index contributed by atoms with van der Waals surface area (Å²) in [5.74, 6) is -1.67. The number of anilines is 1. The molecule has 4 aromatic heterocycles. The highest BCUT2D eigenvalue weighted by atomic mass is 32.2. The van der Waals surface area contributed by atoms with Crippen LogP contribution in [0.1, 0.15) is 59.4 Å². The molecule has 1 saturated carbocycles. The van der Waals surface area contributed by atoms with E-state index in [4.69, 9.17) is 4.98 Å². The van der Waals surface area contributed by atoms with Crippen LogP contribution in [-0.4, -0.2) is 50.1 Å². The Morgan fingerprint density at radius 1 is 0.947 bits per heavy atom. The van der Waals surface area contributed by atoms with E-state index in [9.17, 15) is 30.8 Å². The summed E-state index contributed by atoms with van der Waals surface area (Å²) in [5.41, 5.74) is 5.93. The number of nitrogens with zero attached hydrogens (tertiary/aromatic N) is 5. The molecule has 16 heteroatoms. The first kappa shape index (κ1) is 36.6. The van der Waals surface area contributed by atoms with Crippen molar-refractivity contribution in [2.45, 2.75) is 50.6 Å². The second kappa shape index (κ2) is 13.9. The van der Waals surface area contributed by atoms with Gasteiger partial charge in [-0.15, -0.1) is 0 Å². The molecule has 0 spiro atoms. The Morgan fingerprint density at radius 2 is 1.70 bits per heavy atom. The van der Waals surface area contributed by atoms with Crippen LogP contribution in [0.15, 0.2) is 78.9 Å². The van der Waals surface area contributed by atoms with Crippen molar-refractivity contribution >= 4 is 43.7 Å². The molecule has 292 valence electrons. The van der Waals surface area contributed by atoms with Crippen LogP contribution < -0.4 is 10.0 Å². The van der Waals surface area contributed by atoms with Crippen LogP contribution in [0, 0.1) is 17.6 Å². The number of aromatic amines is 1. The minimum atomic E-state index is -3.70. The molecule has 7 aromatic rings. The largest absolute Gasteiger partial charge is 0.353 e. The van der Waals surface area contributed by atoms with E-state index in [1.54, 1.807) is 19.2 Å². The monoisotopic (exact) mass is 796 g/mol. The first-order valence-corrected chi connectivity index (χ1v) is 20.3. The van der Waals surface area contributed by atoms with Crippen LogP contribution in [0.2, 0.25) is 0 Å². The summed E-state index contributed by atoms with van der Waals surface area (Å²) >= 11 is 0. The molecular weight excluding hydrogens is 761 g/mol. The van der Waals surface area contributed by atoms with Crippen molar-refractivity contribution in [1.29, 1.82) is 0 Å². The number of amides is 1. The third-order valence-electron chi connectivity index (χ3n) is 10.9. The normalized spacial score (nSPS) is 16.8. The first-order chi connectivity index (χ1) is 27.3. The molecule has 0 unspecified atom stereocenters. The fraction of sp³-hybridized carbons (Fsp3) is 0.268. The molecule has 10 rings (SSSR count). The first-order valence-electron chi connectivity index (χ1n) is 18.4. The number of carbonyl (C=O) groups excluding carboxylic acids is 1. The third kappa shape index (κ3) is 6.91. The van der Waals surface area contributed by atoms with Crippen LogP contribution >= 0.6 is 0 Å². The summed E-state index contributed by atoms with van der Waals surface area (Å²) in [7, 11) is -2.03. The Hall–Kier alpha value is -6.03. The highest BCUT2D eigenvalue weighted by Gasteiger charge is 2.43. The van der Waals surface area contributed by atoms with E-state index >= 15 is 0 Å². The summed E-state index contributed by atoms with van der Waals surface area (Å²) < 4.78 is 87.7. The number of para-hydroxylation sites is 1. The lowest BCUT2D eigenvalue weighted by Gasteiger charge is -2.41. The van der Waals surface area contributed by atoms with Crippen molar-refractivity contribution in [2.24, 2.45) is 13.0 Å². The zero-order valence-corrected chi connectivity index (χ0v) is 31.5. The van der Waals surface area contributed by atoms with Gasteiger partial charge in [0.05, 0.1) is 34.5 Å². The predicted octanol–water partition coefficient (Wildman–Crippen LogP) is 7.72. The molecule has 4 heterocycles. The number of hydrogen-bond donors (Lipinski definition) is 3. The van der Waals surface area contributed by atoms with Crippen molar-refractivity contribution in [2.75, 3.05) is 11.0 Å². The number of benzene rings is 3. The molecule has 3 aliphatic carbocycles. The van der Waals surface area contributed by atoms with Gasteiger partial charge in [0.15, 0.2) is 5.82 Å². The number of aryl methyl sites for hydroxylation is 1. The van der Waals surface area contributed by atoms with E-state index < -0.39 is 40.0 Å². The summed E-state index contributed by atoms with van der Waals surface area (Å²) in [6, 6.07) is 20.7. The molecule has 1 amide bonds. The zero-order chi connectivity index (χ0) is 39.7. The maximum atomic E-state index is 14.7. The summed E-state index contributed by atoms with van der Waals surface area (Å²) in [4.78, 5) is 22.7. The number of H-pyrrole nitrogens is 1. The summed E-state index contributed by atoms with van der Waals surface area (Å²) in [6.45, 7) is -0.359. The van der Waals surface area contributed by atoms with Crippen LogP contribution in [0.5, 0.6) is 0 Å². The van der Waals surface area contributed by atoms with Gasteiger partial charge >= 0.3 is 0 Å². The van der Waals surface area contributed by atoms with Gasteiger partial charge in [0.1, 0.15) is 23.9 Å². The van der Waals surface area contributed by atoms with Gasteiger partial charge in [-0.05, 0) is 73.1 Å². The van der Waals surface area contributed by atoms with Gasteiger partial charge < -0.3 is 10.3 Å². The van der Waals surface area contributed by atoms with Crippen molar-refractivity contribution in [1.82, 2.24) is 34.8 Å². The molecule has 3 N–H and O–H groups in total. The maximum absolute atomic E-state index is 14.7. The van der Waals surface area contributed by atoms with Crippen molar-refractivity contribution in [3.63, 3.8) is 0 Å². The highest BCUT2D eigenvalue weighted by Crippen LogP contribution is 2.51. The van der Waals surface area contributed by atoms with Crippen LogP contribution in [-0.2, 0) is 41.3 Å². The number of sulfonamides is 1. The average Bonchev–Trinajstić information content (AvgIpc) is 3.83. The molecule has 0 aliphatic heterocycles. The molecule has 3 aromatic carbocycles. The van der Waals surface area contributed by atoms with E-state index in [0.717, 1.165) is 36.4 Å². The second-order valence-corrected chi connectivity index (χ2v) is 16.7. The molecule has 0 saturated heterocycles. The lowest BCUT2D eigenvalue weighted by Crippen LogP contribution is -2.36. The van der Waals surface area contributed by atoms with E-state index in [2.05, 4.69) is 25.2 Å². The molecule has 1 fully saturated rings. The molecule has 3 aliphatic rings. The number of alkyl halides is 2. The Balaban J connectivity index is 1.20. The minimum Gasteiger partial charge on any atom is -0.353 e. The third-order valence-corrected chi connectivity index (χ3v) is 11.5.